The third-order valence-corrected chi connectivity index (χ3v) is 4.36. The van der Waals surface area contributed by atoms with Crippen molar-refractivity contribution in [3.8, 4) is 6.07 Å². The van der Waals surface area contributed by atoms with E-state index in [0.29, 0.717) is 99.2 Å². The molecule has 0 bridgehead atoms. The van der Waals surface area contributed by atoms with Crippen molar-refractivity contribution in [3.05, 3.63) is 0 Å². The lowest BCUT2D eigenvalue weighted by atomic mass is 9.92. The van der Waals surface area contributed by atoms with Crippen molar-refractivity contribution in [2.45, 2.75) is 52.8 Å². The summed E-state index contributed by atoms with van der Waals surface area (Å²) in [6.07, 6.45) is 2.69. The van der Waals surface area contributed by atoms with Gasteiger partial charge in [0.1, 0.15) is 0 Å². The Morgan fingerprint density at radius 1 is 0.793 bits per heavy atom. The van der Waals surface area contributed by atoms with Crippen molar-refractivity contribution in [2.24, 2.45) is 5.41 Å². The van der Waals surface area contributed by atoms with Crippen LogP contribution in [0.3, 0.4) is 0 Å². The van der Waals surface area contributed by atoms with E-state index in [0.717, 1.165) is 0 Å². The largest absolute Gasteiger partial charge is 0.381 e. The lowest BCUT2D eigenvalue weighted by Gasteiger charge is -2.33. The Balaban J connectivity index is 4.55. The summed E-state index contributed by atoms with van der Waals surface area (Å²) in [5.74, 6) is 0. The van der Waals surface area contributed by atoms with E-state index in [4.69, 9.17) is 37.4 Å². The smallest absolute Gasteiger partial charge is 0.329 e. The first-order valence-corrected chi connectivity index (χ1v) is 11.1. The van der Waals surface area contributed by atoms with Gasteiger partial charge in [-0.2, -0.15) is 5.26 Å². The molecule has 1 N–H and O–H groups in total. The first-order valence-electron chi connectivity index (χ1n) is 12.1. The molecule has 1 unspecified atom stereocenters. The monoisotopic (exact) mass is 440 g/mol. The highest BCUT2D eigenvalue weighted by Gasteiger charge is 2.32. The SMILES string of the molecule is [2H]CCCOCC(COCCC[2H])(COCCC[2H])COCCCOP(O)OCCC#N. The fourth-order valence-corrected chi connectivity index (χ4v) is 2.83. The van der Waals surface area contributed by atoms with Gasteiger partial charge in [0.25, 0.3) is 0 Å². The zero-order valence-corrected chi connectivity index (χ0v) is 18.4. The molecule has 0 amide bonds. The summed E-state index contributed by atoms with van der Waals surface area (Å²) in [6, 6.07) is 1.93. The number of nitrogens with zero attached hydrogens (tertiary/aromatic N) is 1. The Labute approximate surface area is 182 Å². The molecule has 29 heavy (non-hydrogen) atoms. The van der Waals surface area contributed by atoms with Gasteiger partial charge in [-0.25, -0.2) is 0 Å². The van der Waals surface area contributed by atoms with Crippen LogP contribution in [0.4, 0.5) is 0 Å². The van der Waals surface area contributed by atoms with Crippen molar-refractivity contribution < 1.29 is 37.0 Å². The number of ether oxygens (including phenoxy) is 4. The highest BCUT2D eigenvalue weighted by Crippen LogP contribution is 2.32. The van der Waals surface area contributed by atoms with E-state index in [9.17, 15) is 4.89 Å². The second kappa shape index (κ2) is 20.9. The topological polar surface area (TPSA) is 99.4 Å². The number of rotatable bonds is 22. The molecule has 0 aromatic heterocycles. The summed E-state index contributed by atoms with van der Waals surface area (Å²) in [5.41, 5.74) is -0.531. The van der Waals surface area contributed by atoms with Gasteiger partial charge in [-0.15, -0.1) is 0 Å². The number of nitriles is 1. The Kier molecular flexibility index (Phi) is 16.8. The van der Waals surface area contributed by atoms with Gasteiger partial charge < -0.3 is 32.9 Å². The van der Waals surface area contributed by atoms with Crippen LogP contribution >= 0.6 is 8.60 Å². The average molecular weight is 441 g/mol. The van der Waals surface area contributed by atoms with E-state index in [1.807, 2.05) is 6.07 Å². The summed E-state index contributed by atoms with van der Waals surface area (Å²) in [6.45, 7) is 4.56. The molecular weight excluding hydrogens is 397 g/mol. The van der Waals surface area contributed by atoms with Crippen LogP contribution in [-0.4, -0.2) is 71.0 Å². The molecule has 0 aliphatic carbocycles. The van der Waals surface area contributed by atoms with Crippen molar-refractivity contribution in [1.82, 2.24) is 0 Å². The molecule has 0 saturated heterocycles. The standard InChI is InChI=1S/C20H40NO7P/c1-4-10-23-16-20(17-24-11-5-2,18-25-12-6-3)19-26-13-8-15-28-29(22)27-14-7-9-21/h22H,4-8,10-19H2,1-3H3/i1D,2D,3D. The first kappa shape index (κ1) is 23.3. The molecule has 8 nitrogen and oxygen atoms in total. The minimum atomic E-state index is -1.98. The summed E-state index contributed by atoms with van der Waals surface area (Å²) in [4.78, 5) is 9.56. The molecule has 9 heteroatoms. The van der Waals surface area contributed by atoms with Gasteiger partial charge in [0.15, 0.2) is 0 Å². The van der Waals surface area contributed by atoms with Gasteiger partial charge in [0.05, 0.1) is 57.5 Å². The molecule has 0 aliphatic rings. The summed E-state index contributed by atoms with van der Waals surface area (Å²) >= 11 is 0. The van der Waals surface area contributed by atoms with Crippen LogP contribution in [0.1, 0.15) is 56.9 Å². The lowest BCUT2D eigenvalue weighted by molar-refractivity contribution is -0.107. The van der Waals surface area contributed by atoms with Crippen LogP contribution in [0, 0.1) is 16.7 Å². The summed E-state index contributed by atoms with van der Waals surface area (Å²) < 4.78 is 55.2. The van der Waals surface area contributed by atoms with Crippen LogP contribution in [0.2, 0.25) is 0 Å². The highest BCUT2D eigenvalue weighted by atomic mass is 31.2. The van der Waals surface area contributed by atoms with Gasteiger partial charge in [-0.3, -0.25) is 0 Å². The van der Waals surface area contributed by atoms with Gasteiger partial charge >= 0.3 is 8.60 Å². The van der Waals surface area contributed by atoms with Gasteiger partial charge in [0, 0.05) is 30.5 Å². The number of hydrogen-bond acceptors (Lipinski definition) is 8. The van der Waals surface area contributed by atoms with E-state index in [2.05, 4.69) is 0 Å². The zero-order valence-electron chi connectivity index (χ0n) is 20.5. The molecule has 0 spiro atoms. The fourth-order valence-electron chi connectivity index (χ4n) is 2.22. The van der Waals surface area contributed by atoms with Crippen molar-refractivity contribution in [1.29, 1.82) is 5.26 Å². The van der Waals surface area contributed by atoms with E-state index >= 15 is 0 Å². The van der Waals surface area contributed by atoms with E-state index in [1.54, 1.807) is 0 Å². The Morgan fingerprint density at radius 3 is 1.76 bits per heavy atom. The van der Waals surface area contributed by atoms with Crippen molar-refractivity contribution in [2.75, 3.05) is 66.1 Å². The Morgan fingerprint density at radius 2 is 1.28 bits per heavy atom. The maximum absolute atomic E-state index is 9.56. The molecule has 0 heterocycles. The minimum Gasteiger partial charge on any atom is -0.381 e. The van der Waals surface area contributed by atoms with Gasteiger partial charge in [-0.05, 0) is 25.7 Å². The third kappa shape index (κ3) is 17.1. The first-order chi connectivity index (χ1) is 15.6. The van der Waals surface area contributed by atoms with E-state index in [-0.39, 0.29) is 19.6 Å². The van der Waals surface area contributed by atoms with Crippen LogP contribution in [0.15, 0.2) is 0 Å². The highest BCUT2D eigenvalue weighted by molar-refractivity contribution is 7.40. The fraction of sp³-hybridized carbons (Fsp3) is 0.950. The lowest BCUT2D eigenvalue weighted by Crippen LogP contribution is -2.42. The van der Waals surface area contributed by atoms with Crippen LogP contribution in [0.5, 0.6) is 0 Å². The summed E-state index contributed by atoms with van der Waals surface area (Å²) in [7, 11) is -1.98. The second-order valence-electron chi connectivity index (χ2n) is 6.44. The van der Waals surface area contributed by atoms with Crippen molar-refractivity contribution >= 4 is 8.60 Å². The molecule has 0 aromatic carbocycles. The molecule has 1 atom stereocenters. The molecule has 0 saturated carbocycles. The second-order valence-corrected chi connectivity index (χ2v) is 7.43. The molecule has 0 aromatic rings. The van der Waals surface area contributed by atoms with Crippen LogP contribution < -0.4 is 0 Å². The van der Waals surface area contributed by atoms with Crippen molar-refractivity contribution in [3.63, 3.8) is 0 Å². The van der Waals surface area contributed by atoms with E-state index in [1.165, 1.54) is 0 Å². The quantitative estimate of drug-likeness (QED) is 0.200. The molecule has 172 valence electrons. The predicted molar refractivity (Wildman–Crippen MR) is 112 cm³/mol. The predicted octanol–water partition coefficient (Wildman–Crippen LogP) is 3.83. The average Bonchev–Trinajstić information content (AvgIpc) is 2.79. The number of hydrogen-bond donors (Lipinski definition) is 1. The Hall–Kier alpha value is -0.360. The minimum absolute atomic E-state index is 0.137. The van der Waals surface area contributed by atoms with E-state index < -0.39 is 14.0 Å². The van der Waals surface area contributed by atoms with Crippen LogP contribution in [0.25, 0.3) is 0 Å². The molecular formula is C20H40NO7P. The Bertz CT molecular complexity index is 419. The zero-order chi connectivity index (χ0) is 23.8. The molecule has 0 rings (SSSR count). The molecule has 0 aliphatic heterocycles. The third-order valence-electron chi connectivity index (χ3n) is 3.55. The summed E-state index contributed by atoms with van der Waals surface area (Å²) in [5, 5.41) is 8.45. The normalized spacial score (nSPS) is 14.1. The van der Waals surface area contributed by atoms with Gasteiger partial charge in [-0.1, -0.05) is 20.7 Å². The molecule has 0 radical (unpaired) electrons. The van der Waals surface area contributed by atoms with Crippen LogP contribution in [-0.2, 0) is 28.0 Å². The maximum Gasteiger partial charge on any atom is 0.329 e. The maximum atomic E-state index is 9.56. The molecule has 0 fully saturated rings. The van der Waals surface area contributed by atoms with Gasteiger partial charge in [0.2, 0.25) is 0 Å².